The monoisotopic (exact) mass is 408 g/mol. The number of aromatic nitrogens is 3. The third kappa shape index (κ3) is 3.37. The van der Waals surface area contributed by atoms with Gasteiger partial charge in [0.25, 0.3) is 0 Å². The molecule has 7 nitrogen and oxygen atoms in total. The van der Waals surface area contributed by atoms with Gasteiger partial charge in [0, 0.05) is 42.5 Å². The molecule has 1 fully saturated rings. The maximum atomic E-state index is 14.2. The Labute approximate surface area is 174 Å². The van der Waals surface area contributed by atoms with Crippen LogP contribution in [-0.4, -0.2) is 40.6 Å². The Balaban J connectivity index is 1.56. The summed E-state index contributed by atoms with van der Waals surface area (Å²) in [5, 5.41) is 20.3. The second-order valence-electron chi connectivity index (χ2n) is 7.68. The van der Waals surface area contributed by atoms with E-state index in [9.17, 15) is 5.21 Å². The normalized spacial score (nSPS) is 23.4. The van der Waals surface area contributed by atoms with Gasteiger partial charge in [-0.3, -0.25) is 0 Å². The van der Waals surface area contributed by atoms with Gasteiger partial charge in [-0.05, 0) is 25.8 Å². The lowest BCUT2D eigenvalue weighted by atomic mass is 10.1. The molecule has 1 N–H and O–H groups in total. The highest BCUT2D eigenvalue weighted by molar-refractivity contribution is 7.13. The van der Waals surface area contributed by atoms with Gasteiger partial charge in [-0.25, -0.2) is 9.97 Å². The maximum absolute atomic E-state index is 14.2. The van der Waals surface area contributed by atoms with Crippen LogP contribution in [0.2, 0.25) is 0 Å². The smallest absolute Gasteiger partial charge is 0.224 e. The van der Waals surface area contributed by atoms with E-state index in [1.54, 1.807) is 17.5 Å². The molecule has 2 aromatic heterocycles. The summed E-state index contributed by atoms with van der Waals surface area (Å²) in [6, 6.07) is 8.13. The number of nitrogens with one attached hydrogen (secondary N) is 1. The first kappa shape index (κ1) is 18.5. The van der Waals surface area contributed by atoms with Gasteiger partial charge in [-0.2, -0.15) is 4.98 Å². The Morgan fingerprint density at radius 1 is 1.34 bits per heavy atom. The topological polar surface area (TPSA) is 77.0 Å². The highest BCUT2D eigenvalue weighted by atomic mass is 32.1. The number of quaternary nitrogens is 1. The minimum atomic E-state index is -0.392. The predicted molar refractivity (Wildman–Crippen MR) is 118 cm³/mol. The fourth-order valence-electron chi connectivity index (χ4n) is 4.44. The molecule has 0 radical (unpaired) electrons. The van der Waals surface area contributed by atoms with E-state index >= 15 is 0 Å². The molecule has 0 bridgehead atoms. The van der Waals surface area contributed by atoms with Gasteiger partial charge in [-0.1, -0.05) is 12.1 Å². The molecule has 2 aliphatic heterocycles. The Kier molecular flexibility index (Phi) is 4.69. The first-order valence-electron chi connectivity index (χ1n) is 10.1. The average molecular weight is 409 g/mol. The van der Waals surface area contributed by atoms with Crippen LogP contribution in [0.5, 0.6) is 0 Å². The van der Waals surface area contributed by atoms with Crippen molar-refractivity contribution in [3.05, 3.63) is 52.8 Å². The van der Waals surface area contributed by atoms with E-state index in [1.165, 1.54) is 0 Å². The molecule has 29 heavy (non-hydrogen) atoms. The van der Waals surface area contributed by atoms with Crippen LogP contribution in [0.4, 0.5) is 17.5 Å². The lowest BCUT2D eigenvalue weighted by Crippen LogP contribution is -2.48. The van der Waals surface area contributed by atoms with Crippen LogP contribution in [0, 0.1) is 5.21 Å². The quantitative estimate of drug-likeness (QED) is 0.519. The van der Waals surface area contributed by atoms with E-state index in [1.807, 2.05) is 42.8 Å². The lowest BCUT2D eigenvalue weighted by Gasteiger charge is -2.43. The van der Waals surface area contributed by atoms with Crippen molar-refractivity contribution in [3.63, 3.8) is 0 Å². The predicted octanol–water partition coefficient (Wildman–Crippen LogP) is 4.02. The molecule has 0 spiro atoms. The zero-order chi connectivity index (χ0) is 19.8. The van der Waals surface area contributed by atoms with Crippen LogP contribution in [-0.2, 0) is 6.54 Å². The number of hydrogen-bond donors (Lipinski definition) is 1. The van der Waals surface area contributed by atoms with E-state index in [-0.39, 0.29) is 6.04 Å². The van der Waals surface area contributed by atoms with Gasteiger partial charge in [0.2, 0.25) is 5.95 Å². The third-order valence-corrected chi connectivity index (χ3v) is 6.58. The van der Waals surface area contributed by atoms with Gasteiger partial charge in [0.1, 0.15) is 29.6 Å². The molecule has 4 heterocycles. The summed E-state index contributed by atoms with van der Waals surface area (Å²) in [5.41, 5.74) is 2.69. The van der Waals surface area contributed by atoms with Crippen LogP contribution in [0.3, 0.4) is 0 Å². The van der Waals surface area contributed by atoms with Crippen LogP contribution in [0.15, 0.2) is 42.0 Å². The number of benzene rings is 1. The third-order valence-electron chi connectivity index (χ3n) is 5.75. The van der Waals surface area contributed by atoms with Crippen molar-refractivity contribution >= 4 is 28.8 Å². The van der Waals surface area contributed by atoms with Gasteiger partial charge in [0.05, 0.1) is 11.6 Å². The van der Waals surface area contributed by atoms with Crippen molar-refractivity contribution in [1.82, 2.24) is 19.6 Å². The van der Waals surface area contributed by atoms with Crippen molar-refractivity contribution in [1.29, 1.82) is 0 Å². The highest BCUT2D eigenvalue weighted by Gasteiger charge is 2.39. The van der Waals surface area contributed by atoms with Crippen LogP contribution in [0.1, 0.15) is 25.3 Å². The van der Waals surface area contributed by atoms with Crippen molar-refractivity contribution in [2.45, 2.75) is 32.4 Å². The fraction of sp³-hybridized carbons (Fsp3) is 0.381. The summed E-state index contributed by atoms with van der Waals surface area (Å²) < 4.78 is -0.392. The molecule has 3 aromatic rings. The molecule has 150 valence electrons. The summed E-state index contributed by atoms with van der Waals surface area (Å²) in [4.78, 5) is 15.9. The molecule has 1 aromatic carbocycles. The zero-order valence-corrected chi connectivity index (χ0v) is 17.2. The number of hydroxylamine groups is 2. The minimum Gasteiger partial charge on any atom is -0.627 e. The van der Waals surface area contributed by atoms with Crippen molar-refractivity contribution in [3.8, 4) is 10.6 Å². The molecular formula is C21H24N6OS. The van der Waals surface area contributed by atoms with E-state index < -0.39 is 4.65 Å². The summed E-state index contributed by atoms with van der Waals surface area (Å²) in [6.07, 6.45) is 5.74. The Morgan fingerprint density at radius 3 is 3.10 bits per heavy atom. The molecule has 2 aliphatic rings. The van der Waals surface area contributed by atoms with Crippen molar-refractivity contribution < 1.29 is 0 Å². The Hall–Kier alpha value is -2.55. The van der Waals surface area contributed by atoms with Crippen LogP contribution in [0.25, 0.3) is 10.6 Å². The first-order chi connectivity index (χ1) is 14.2. The lowest BCUT2D eigenvalue weighted by molar-refractivity contribution is 0.346. The van der Waals surface area contributed by atoms with E-state index in [0.29, 0.717) is 19.0 Å². The number of anilines is 2. The fourth-order valence-corrected chi connectivity index (χ4v) is 5.08. The molecular weight excluding hydrogens is 384 g/mol. The molecule has 0 aliphatic carbocycles. The Morgan fingerprint density at radius 2 is 2.28 bits per heavy atom. The summed E-state index contributed by atoms with van der Waals surface area (Å²) in [6.45, 7) is 4.61. The SMILES string of the molecule is CCNc1ncc2c(n1)N1CCCC1C[N+]([O-])(c1cccc(-c3nccs3)c1)C2. The summed E-state index contributed by atoms with van der Waals surface area (Å²) >= 11 is 1.59. The second-order valence-corrected chi connectivity index (χ2v) is 8.57. The molecule has 2 unspecified atom stereocenters. The molecule has 2 atom stereocenters. The molecule has 8 heteroatoms. The standard InChI is InChI=1S/C21H24N6OS/c1-2-22-21-24-12-16-13-27(28,14-17-6-4-9-26(17)19(16)25-21)18-7-3-5-15(11-18)20-23-8-10-29-20/h3,5,7-8,10-12,17H,2,4,6,9,13-14H2,1H3,(H,22,24,25). The average Bonchev–Trinajstić information content (AvgIpc) is 3.40. The molecule has 1 saturated heterocycles. The highest BCUT2D eigenvalue weighted by Crippen LogP contribution is 2.38. The van der Waals surface area contributed by atoms with Crippen molar-refractivity contribution in [2.75, 3.05) is 29.9 Å². The molecule has 5 rings (SSSR count). The zero-order valence-electron chi connectivity index (χ0n) is 16.4. The largest absolute Gasteiger partial charge is 0.627 e. The van der Waals surface area contributed by atoms with E-state index in [0.717, 1.165) is 53.6 Å². The minimum absolute atomic E-state index is 0.196. The summed E-state index contributed by atoms with van der Waals surface area (Å²) in [7, 11) is 0. The van der Waals surface area contributed by atoms with Gasteiger partial charge in [-0.15, -0.1) is 11.3 Å². The number of hydrogen-bond acceptors (Lipinski definition) is 7. The Bertz CT molecular complexity index is 1010. The first-order valence-corrected chi connectivity index (χ1v) is 11.0. The molecule has 0 saturated carbocycles. The number of fused-ring (bicyclic) bond motifs is 3. The van der Waals surface area contributed by atoms with E-state index in [4.69, 9.17) is 4.98 Å². The summed E-state index contributed by atoms with van der Waals surface area (Å²) in [5.74, 6) is 1.55. The number of nitrogens with zero attached hydrogens (tertiary/aromatic N) is 5. The molecule has 0 amide bonds. The van der Waals surface area contributed by atoms with Crippen LogP contribution < -0.4 is 14.9 Å². The van der Waals surface area contributed by atoms with Crippen LogP contribution >= 0.6 is 11.3 Å². The maximum Gasteiger partial charge on any atom is 0.224 e. The van der Waals surface area contributed by atoms with E-state index in [2.05, 4.69) is 20.2 Å². The van der Waals surface area contributed by atoms with Crippen molar-refractivity contribution in [2.24, 2.45) is 0 Å². The van der Waals surface area contributed by atoms with Gasteiger partial charge < -0.3 is 20.1 Å². The number of thiazole rings is 1. The van der Waals surface area contributed by atoms with Gasteiger partial charge in [0.15, 0.2) is 0 Å². The van der Waals surface area contributed by atoms with Gasteiger partial charge >= 0.3 is 0 Å². The second kappa shape index (κ2) is 7.37. The number of rotatable bonds is 4.